The van der Waals surface area contributed by atoms with Crippen LogP contribution < -0.4 is 4.90 Å². The highest BCUT2D eigenvalue weighted by Gasteiger charge is 2.39. The van der Waals surface area contributed by atoms with E-state index < -0.39 is 5.25 Å². The number of rotatable bonds is 7. The van der Waals surface area contributed by atoms with Crippen LogP contribution in [-0.4, -0.2) is 30.3 Å². The van der Waals surface area contributed by atoms with Gasteiger partial charge < -0.3 is 9.64 Å². The number of fused-ring (bicyclic) bond motifs is 2. The molecule has 1 aliphatic rings. The quantitative estimate of drug-likeness (QED) is 0.234. The molecule has 3 aromatic carbocycles. The third kappa shape index (κ3) is 6.07. The van der Waals surface area contributed by atoms with Crippen molar-refractivity contribution in [2.75, 3.05) is 18.1 Å². The van der Waals surface area contributed by atoms with E-state index in [2.05, 4.69) is 58.0 Å². The molecular formula is C30H34ClNO3S. The highest BCUT2D eigenvalue weighted by molar-refractivity contribution is 8.01. The number of anilines is 1. The van der Waals surface area contributed by atoms with Gasteiger partial charge in [-0.3, -0.25) is 9.59 Å². The monoisotopic (exact) mass is 523 g/mol. The highest BCUT2D eigenvalue weighted by Crippen LogP contribution is 2.49. The number of esters is 1. The smallest absolute Gasteiger partial charge is 0.307 e. The van der Waals surface area contributed by atoms with Crippen molar-refractivity contribution >= 4 is 51.7 Å². The summed E-state index contributed by atoms with van der Waals surface area (Å²) in [5.74, 6) is -0.389. The summed E-state index contributed by atoms with van der Waals surface area (Å²) >= 11 is 8.05. The Bertz CT molecular complexity index is 1250. The molecule has 190 valence electrons. The Morgan fingerprint density at radius 1 is 1.06 bits per heavy atom. The zero-order valence-electron chi connectivity index (χ0n) is 21.4. The minimum absolute atomic E-state index is 0.0385. The van der Waals surface area contributed by atoms with E-state index in [-0.39, 0.29) is 29.0 Å². The summed E-state index contributed by atoms with van der Waals surface area (Å²) < 4.78 is 5.47. The van der Waals surface area contributed by atoms with Crippen LogP contribution in [0.1, 0.15) is 63.3 Å². The number of carbonyl (C=O) groups is 2. The van der Waals surface area contributed by atoms with Gasteiger partial charge in [0, 0.05) is 17.3 Å². The number of halogens is 1. The van der Waals surface area contributed by atoms with Gasteiger partial charge in [-0.15, -0.1) is 11.8 Å². The molecule has 1 amide bonds. The maximum Gasteiger partial charge on any atom is 0.307 e. The van der Waals surface area contributed by atoms with E-state index in [9.17, 15) is 9.59 Å². The molecule has 36 heavy (non-hydrogen) atoms. The van der Waals surface area contributed by atoms with Crippen molar-refractivity contribution in [2.24, 2.45) is 5.41 Å². The lowest BCUT2D eigenvalue weighted by Gasteiger charge is -2.31. The highest BCUT2D eigenvalue weighted by atomic mass is 35.5. The summed E-state index contributed by atoms with van der Waals surface area (Å²) in [6.07, 6.45) is 1.80. The van der Waals surface area contributed by atoms with E-state index in [4.69, 9.17) is 16.3 Å². The van der Waals surface area contributed by atoms with Crippen LogP contribution in [0.2, 0.25) is 5.02 Å². The number of hydrogen-bond acceptors (Lipinski definition) is 4. The molecule has 0 aliphatic carbocycles. The molecule has 4 rings (SSSR count). The van der Waals surface area contributed by atoms with Crippen molar-refractivity contribution in [3.8, 4) is 0 Å². The molecule has 3 aromatic rings. The zero-order chi connectivity index (χ0) is 25.9. The van der Waals surface area contributed by atoms with Gasteiger partial charge in [-0.2, -0.15) is 0 Å². The van der Waals surface area contributed by atoms with E-state index in [0.29, 0.717) is 18.2 Å². The minimum atomic E-state index is -0.573. The predicted octanol–water partition coefficient (Wildman–Crippen LogP) is 7.81. The Morgan fingerprint density at radius 2 is 1.81 bits per heavy atom. The van der Waals surface area contributed by atoms with Gasteiger partial charge in [0.15, 0.2) is 0 Å². The number of nitrogens with zero attached hydrogens (tertiary/aromatic N) is 1. The van der Waals surface area contributed by atoms with Crippen LogP contribution in [-0.2, 0) is 14.3 Å². The number of carbonyl (C=O) groups excluding carboxylic acids is 2. The Hall–Kier alpha value is -2.50. The van der Waals surface area contributed by atoms with Crippen molar-refractivity contribution in [1.82, 2.24) is 0 Å². The molecule has 0 saturated heterocycles. The lowest BCUT2D eigenvalue weighted by Crippen LogP contribution is -2.42. The molecule has 4 nitrogen and oxygen atoms in total. The second-order valence-corrected chi connectivity index (χ2v) is 12.3. The second-order valence-electron chi connectivity index (χ2n) is 10.5. The number of ether oxygens (including phenoxy) is 1. The fourth-order valence-corrected chi connectivity index (χ4v) is 6.28. The van der Waals surface area contributed by atoms with Gasteiger partial charge in [-0.25, -0.2) is 0 Å². The maximum absolute atomic E-state index is 14.0. The van der Waals surface area contributed by atoms with Crippen LogP contribution in [0.5, 0.6) is 0 Å². The van der Waals surface area contributed by atoms with Crippen molar-refractivity contribution in [2.45, 2.75) is 57.5 Å². The molecule has 0 N–H and O–H groups in total. The third-order valence-corrected chi connectivity index (χ3v) is 7.97. The van der Waals surface area contributed by atoms with Crippen LogP contribution >= 0.6 is 23.4 Å². The summed E-state index contributed by atoms with van der Waals surface area (Å²) in [5, 5.41) is 2.14. The third-order valence-electron chi connectivity index (χ3n) is 6.26. The van der Waals surface area contributed by atoms with Crippen molar-refractivity contribution in [3.63, 3.8) is 0 Å². The molecular weight excluding hydrogens is 490 g/mol. The average molecular weight is 524 g/mol. The van der Waals surface area contributed by atoms with Gasteiger partial charge >= 0.3 is 5.97 Å². The van der Waals surface area contributed by atoms with Gasteiger partial charge in [0.1, 0.15) is 0 Å². The number of hydrogen-bond donors (Lipinski definition) is 0. The molecule has 2 atom stereocenters. The Balaban J connectivity index is 1.84. The molecule has 1 heterocycles. The van der Waals surface area contributed by atoms with Crippen LogP contribution in [0, 0.1) is 5.41 Å². The molecule has 0 bridgehead atoms. The first-order chi connectivity index (χ1) is 17.2. The Labute approximate surface area is 223 Å². The van der Waals surface area contributed by atoms with Crippen LogP contribution in [0.4, 0.5) is 5.69 Å². The molecule has 0 spiro atoms. The van der Waals surface area contributed by atoms with E-state index in [1.54, 1.807) is 0 Å². The number of unbranched alkanes of at least 4 members (excludes halogenated alkanes) is 1. The minimum Gasteiger partial charge on any atom is -0.466 e. The Kier molecular flexibility index (Phi) is 8.31. The van der Waals surface area contributed by atoms with Gasteiger partial charge in [0.05, 0.1) is 23.5 Å². The SMILES string of the molecule is CCCCOC(=O)C[C@H]1S[C@H](c2cccc3ccccc23)c2cc(Cl)ccc2N(CC(C)(C)C)C1=O. The lowest BCUT2D eigenvalue weighted by molar-refractivity contribution is -0.144. The molecule has 0 saturated carbocycles. The lowest BCUT2D eigenvalue weighted by atomic mass is 9.93. The fraction of sp³-hybridized carbons (Fsp3) is 0.400. The first-order valence-corrected chi connectivity index (χ1v) is 13.9. The summed E-state index contributed by atoms with van der Waals surface area (Å²) in [5.41, 5.74) is 2.81. The van der Waals surface area contributed by atoms with Crippen LogP contribution in [0.15, 0.2) is 60.7 Å². The zero-order valence-corrected chi connectivity index (χ0v) is 23.0. The number of amides is 1. The molecule has 0 fully saturated rings. The molecule has 1 aliphatic heterocycles. The topological polar surface area (TPSA) is 46.6 Å². The second kappa shape index (κ2) is 11.3. The summed E-state index contributed by atoms with van der Waals surface area (Å²) in [6, 6.07) is 20.3. The molecule has 0 aromatic heterocycles. The summed E-state index contributed by atoms with van der Waals surface area (Å²) in [4.78, 5) is 28.7. The normalized spacial score (nSPS) is 18.1. The standard InChI is InChI=1S/C30H34ClNO3S/c1-5-6-16-35-27(33)18-26-29(34)32(19-30(2,3)4)25-15-14-21(31)17-24(25)28(36-26)23-13-9-11-20-10-7-8-12-22(20)23/h7-15,17,26,28H,5-6,16,18-19H2,1-4H3/t26-,28-/m1/s1. The first kappa shape index (κ1) is 26.6. The van der Waals surface area contributed by atoms with E-state index in [1.165, 1.54) is 11.8 Å². The van der Waals surface area contributed by atoms with E-state index >= 15 is 0 Å². The molecule has 0 unspecified atom stereocenters. The number of benzene rings is 3. The maximum atomic E-state index is 14.0. The van der Waals surface area contributed by atoms with Crippen molar-refractivity contribution < 1.29 is 14.3 Å². The van der Waals surface area contributed by atoms with Gasteiger partial charge in [-0.05, 0) is 51.9 Å². The molecule has 6 heteroatoms. The van der Waals surface area contributed by atoms with E-state index in [0.717, 1.165) is 40.4 Å². The Morgan fingerprint density at radius 3 is 2.56 bits per heavy atom. The largest absolute Gasteiger partial charge is 0.466 e. The van der Waals surface area contributed by atoms with Crippen LogP contribution in [0.25, 0.3) is 10.8 Å². The number of thioether (sulfide) groups is 1. The van der Waals surface area contributed by atoms with Crippen molar-refractivity contribution in [3.05, 3.63) is 76.8 Å². The van der Waals surface area contributed by atoms with Gasteiger partial charge in [0.25, 0.3) is 0 Å². The van der Waals surface area contributed by atoms with E-state index in [1.807, 2.05) is 35.2 Å². The van der Waals surface area contributed by atoms with Gasteiger partial charge in [0.2, 0.25) is 5.91 Å². The van der Waals surface area contributed by atoms with Crippen LogP contribution in [0.3, 0.4) is 0 Å². The fourth-order valence-electron chi connectivity index (χ4n) is 4.60. The average Bonchev–Trinajstić information content (AvgIpc) is 2.93. The summed E-state index contributed by atoms with van der Waals surface area (Å²) in [6.45, 7) is 9.32. The first-order valence-electron chi connectivity index (χ1n) is 12.6. The predicted molar refractivity (Wildman–Crippen MR) is 151 cm³/mol. The van der Waals surface area contributed by atoms with Gasteiger partial charge in [-0.1, -0.05) is 88.2 Å². The van der Waals surface area contributed by atoms with Crippen molar-refractivity contribution in [1.29, 1.82) is 0 Å². The summed E-state index contributed by atoms with van der Waals surface area (Å²) in [7, 11) is 0. The molecule has 0 radical (unpaired) electrons.